The molecule has 0 fully saturated rings. The van der Waals surface area contributed by atoms with Gasteiger partial charge in [-0.15, -0.1) is 11.3 Å². The molecule has 0 saturated carbocycles. The molecule has 1 N–H and O–H groups in total. The molecule has 3 rings (SSSR count). The van der Waals surface area contributed by atoms with Gasteiger partial charge in [-0.25, -0.2) is 13.1 Å². The average molecular weight is 371 g/mol. The Morgan fingerprint density at radius 3 is 2.48 bits per heavy atom. The molecule has 0 aliphatic heterocycles. The van der Waals surface area contributed by atoms with Gasteiger partial charge in [-0.05, 0) is 36.8 Å². The van der Waals surface area contributed by atoms with Crippen LogP contribution in [0.5, 0.6) is 0 Å². The molecule has 0 radical (unpaired) electrons. The van der Waals surface area contributed by atoms with Gasteiger partial charge in [0, 0.05) is 17.0 Å². The van der Waals surface area contributed by atoms with E-state index in [4.69, 9.17) is 0 Å². The van der Waals surface area contributed by atoms with Gasteiger partial charge in [-0.3, -0.25) is 4.79 Å². The lowest BCUT2D eigenvalue weighted by molar-refractivity contribution is 0.104. The standard InChI is InChI=1S/C19H17NO3S2/c1-14-6-5-9-17(12-14)25(22,23)20-13-16-10-11-18(24-16)19(21)15-7-3-2-4-8-15/h2-12,20H,13H2,1H3. The Morgan fingerprint density at radius 1 is 1.00 bits per heavy atom. The first-order chi connectivity index (χ1) is 12.0. The van der Waals surface area contributed by atoms with E-state index in [1.807, 2.05) is 31.2 Å². The summed E-state index contributed by atoms with van der Waals surface area (Å²) in [5.74, 6) is -0.0570. The van der Waals surface area contributed by atoms with E-state index in [0.29, 0.717) is 10.4 Å². The second-order valence-electron chi connectivity index (χ2n) is 5.60. The molecule has 1 heterocycles. The Morgan fingerprint density at radius 2 is 1.76 bits per heavy atom. The maximum absolute atomic E-state index is 12.4. The lowest BCUT2D eigenvalue weighted by Crippen LogP contribution is -2.22. The SMILES string of the molecule is Cc1cccc(S(=O)(=O)NCc2ccc(C(=O)c3ccccc3)s2)c1. The van der Waals surface area contributed by atoms with E-state index in [2.05, 4.69) is 4.72 Å². The van der Waals surface area contributed by atoms with Gasteiger partial charge in [-0.1, -0.05) is 42.5 Å². The average Bonchev–Trinajstić information content (AvgIpc) is 3.09. The minimum absolute atomic E-state index is 0.0570. The molecule has 1 aromatic heterocycles. The van der Waals surface area contributed by atoms with Crippen molar-refractivity contribution in [3.8, 4) is 0 Å². The maximum Gasteiger partial charge on any atom is 0.240 e. The number of aryl methyl sites for hydroxylation is 1. The summed E-state index contributed by atoms with van der Waals surface area (Å²) in [4.78, 5) is 14.0. The van der Waals surface area contributed by atoms with Gasteiger partial charge in [-0.2, -0.15) is 0 Å². The summed E-state index contributed by atoms with van der Waals surface area (Å²) < 4.78 is 27.3. The Labute approximate surface area is 151 Å². The van der Waals surface area contributed by atoms with E-state index in [-0.39, 0.29) is 17.2 Å². The molecule has 128 valence electrons. The highest BCUT2D eigenvalue weighted by molar-refractivity contribution is 7.89. The zero-order valence-corrected chi connectivity index (χ0v) is 15.2. The number of hydrogen-bond acceptors (Lipinski definition) is 4. The van der Waals surface area contributed by atoms with Crippen molar-refractivity contribution < 1.29 is 13.2 Å². The molecule has 6 heteroatoms. The van der Waals surface area contributed by atoms with Crippen molar-refractivity contribution in [3.63, 3.8) is 0 Å². The highest BCUT2D eigenvalue weighted by Gasteiger charge is 2.16. The monoisotopic (exact) mass is 371 g/mol. The number of nitrogens with one attached hydrogen (secondary N) is 1. The smallest absolute Gasteiger partial charge is 0.240 e. The molecule has 3 aromatic rings. The molecular weight excluding hydrogens is 354 g/mol. The number of rotatable bonds is 6. The van der Waals surface area contributed by atoms with Crippen LogP contribution in [0, 0.1) is 6.92 Å². The number of carbonyl (C=O) groups excluding carboxylic acids is 1. The van der Waals surface area contributed by atoms with Crippen molar-refractivity contribution in [2.24, 2.45) is 0 Å². The quantitative estimate of drug-likeness (QED) is 0.671. The predicted molar refractivity (Wildman–Crippen MR) is 99.4 cm³/mol. The third-order valence-corrected chi connectivity index (χ3v) is 6.14. The summed E-state index contributed by atoms with van der Waals surface area (Å²) in [5.41, 5.74) is 1.51. The Hall–Kier alpha value is -2.28. The second-order valence-corrected chi connectivity index (χ2v) is 8.54. The molecule has 0 aliphatic rings. The molecule has 0 aliphatic carbocycles. The van der Waals surface area contributed by atoms with Crippen LogP contribution in [0.3, 0.4) is 0 Å². The van der Waals surface area contributed by atoms with Gasteiger partial charge < -0.3 is 0 Å². The minimum Gasteiger partial charge on any atom is -0.288 e. The summed E-state index contributed by atoms with van der Waals surface area (Å²) >= 11 is 1.30. The molecule has 2 aromatic carbocycles. The fourth-order valence-electron chi connectivity index (χ4n) is 2.36. The maximum atomic E-state index is 12.4. The van der Waals surface area contributed by atoms with Crippen LogP contribution in [-0.4, -0.2) is 14.2 Å². The van der Waals surface area contributed by atoms with Gasteiger partial charge >= 0.3 is 0 Å². The van der Waals surface area contributed by atoms with Crippen LogP contribution in [0.4, 0.5) is 0 Å². The highest BCUT2D eigenvalue weighted by Crippen LogP contribution is 2.21. The van der Waals surface area contributed by atoms with Crippen molar-refractivity contribution in [2.45, 2.75) is 18.4 Å². The number of benzene rings is 2. The number of thiophene rings is 1. The van der Waals surface area contributed by atoms with Gasteiger partial charge in [0.25, 0.3) is 0 Å². The van der Waals surface area contributed by atoms with E-state index >= 15 is 0 Å². The lowest BCUT2D eigenvalue weighted by Gasteiger charge is -2.06. The number of sulfonamides is 1. The normalized spacial score (nSPS) is 11.4. The topological polar surface area (TPSA) is 63.2 Å². The minimum atomic E-state index is -3.57. The molecule has 0 bridgehead atoms. The first kappa shape index (κ1) is 17.5. The molecule has 4 nitrogen and oxygen atoms in total. The van der Waals surface area contributed by atoms with Crippen molar-refractivity contribution in [2.75, 3.05) is 0 Å². The highest BCUT2D eigenvalue weighted by atomic mass is 32.2. The number of ketones is 1. The van der Waals surface area contributed by atoms with E-state index < -0.39 is 10.0 Å². The zero-order chi connectivity index (χ0) is 17.9. The fraction of sp³-hybridized carbons (Fsp3) is 0.105. The Kier molecular flexibility index (Phi) is 5.13. The number of hydrogen-bond donors (Lipinski definition) is 1. The molecule has 0 saturated heterocycles. The van der Waals surface area contributed by atoms with Crippen molar-refractivity contribution in [1.29, 1.82) is 0 Å². The lowest BCUT2D eigenvalue weighted by atomic mass is 10.1. The molecule has 0 amide bonds. The molecule has 0 unspecified atom stereocenters. The molecule has 0 atom stereocenters. The van der Waals surface area contributed by atoms with E-state index in [0.717, 1.165) is 10.4 Å². The first-order valence-electron chi connectivity index (χ1n) is 7.70. The largest absolute Gasteiger partial charge is 0.288 e. The Bertz CT molecular complexity index is 992. The van der Waals surface area contributed by atoms with Gasteiger partial charge in [0.05, 0.1) is 9.77 Å². The second kappa shape index (κ2) is 7.31. The van der Waals surface area contributed by atoms with E-state index in [1.54, 1.807) is 42.5 Å². The van der Waals surface area contributed by atoms with Crippen molar-refractivity contribution in [1.82, 2.24) is 4.72 Å². The van der Waals surface area contributed by atoms with Crippen LogP contribution in [0.2, 0.25) is 0 Å². The van der Waals surface area contributed by atoms with E-state index in [1.165, 1.54) is 11.3 Å². The number of carbonyl (C=O) groups is 1. The van der Waals surface area contributed by atoms with Crippen LogP contribution >= 0.6 is 11.3 Å². The van der Waals surface area contributed by atoms with Crippen molar-refractivity contribution in [3.05, 3.63) is 87.6 Å². The summed E-state index contributed by atoms with van der Waals surface area (Å²) in [6, 6.07) is 19.3. The van der Waals surface area contributed by atoms with Crippen LogP contribution in [-0.2, 0) is 16.6 Å². The molecule has 0 spiro atoms. The summed E-state index contributed by atoms with van der Waals surface area (Å²) in [6.07, 6.45) is 0. The summed E-state index contributed by atoms with van der Waals surface area (Å²) in [5, 5.41) is 0. The van der Waals surface area contributed by atoms with Gasteiger partial charge in [0.1, 0.15) is 0 Å². The summed E-state index contributed by atoms with van der Waals surface area (Å²) in [6.45, 7) is 2.00. The first-order valence-corrected chi connectivity index (χ1v) is 10.0. The van der Waals surface area contributed by atoms with Crippen LogP contribution in [0.1, 0.15) is 25.7 Å². The van der Waals surface area contributed by atoms with Crippen LogP contribution in [0.15, 0.2) is 71.6 Å². The van der Waals surface area contributed by atoms with Gasteiger partial charge in [0.15, 0.2) is 0 Å². The third kappa shape index (κ3) is 4.22. The van der Waals surface area contributed by atoms with E-state index in [9.17, 15) is 13.2 Å². The molecule has 25 heavy (non-hydrogen) atoms. The van der Waals surface area contributed by atoms with Crippen LogP contribution in [0.25, 0.3) is 0 Å². The zero-order valence-electron chi connectivity index (χ0n) is 13.6. The Balaban J connectivity index is 1.71. The molecular formula is C19H17NO3S2. The van der Waals surface area contributed by atoms with Crippen molar-refractivity contribution >= 4 is 27.1 Å². The van der Waals surface area contributed by atoms with Gasteiger partial charge in [0.2, 0.25) is 15.8 Å². The fourth-order valence-corrected chi connectivity index (χ4v) is 4.47. The predicted octanol–water partition coefficient (Wildman–Crippen LogP) is 3.77. The van der Waals surface area contributed by atoms with Crippen LogP contribution < -0.4 is 4.72 Å². The third-order valence-electron chi connectivity index (χ3n) is 3.66. The summed E-state index contributed by atoms with van der Waals surface area (Å²) in [7, 11) is -3.57.